The number of nitrogens with zero attached hydrogens (tertiary/aromatic N) is 3. The molecule has 0 aliphatic heterocycles. The summed E-state index contributed by atoms with van der Waals surface area (Å²) in [6, 6.07) is 0. The Labute approximate surface area is 76.4 Å². The van der Waals surface area contributed by atoms with Gasteiger partial charge in [0, 0.05) is 6.42 Å². The summed E-state index contributed by atoms with van der Waals surface area (Å²) in [5, 5.41) is 7.56. The lowest BCUT2D eigenvalue weighted by Crippen LogP contribution is -1.86. The van der Waals surface area contributed by atoms with Crippen LogP contribution in [0.2, 0.25) is 0 Å². The third-order valence-corrected chi connectivity index (χ3v) is 2.01. The van der Waals surface area contributed by atoms with Gasteiger partial charge in [0.2, 0.25) is 0 Å². The zero-order valence-electron chi connectivity index (χ0n) is 7.62. The van der Waals surface area contributed by atoms with Crippen LogP contribution in [0.3, 0.4) is 0 Å². The number of H-pyrrole nitrogens is 1. The van der Waals surface area contributed by atoms with Gasteiger partial charge >= 0.3 is 0 Å². The van der Waals surface area contributed by atoms with Crippen LogP contribution in [0, 0.1) is 0 Å². The molecular weight excluding hydrogens is 164 g/mol. The fourth-order valence-corrected chi connectivity index (χ4v) is 1.29. The minimum Gasteiger partial charge on any atom is -0.341 e. The molecule has 2 rings (SSSR count). The average Bonchev–Trinajstić information content (AvgIpc) is 2.57. The Morgan fingerprint density at radius 1 is 1.31 bits per heavy atom. The Bertz CT molecular complexity index is 360. The van der Waals surface area contributed by atoms with Crippen LogP contribution < -0.4 is 0 Å². The quantitative estimate of drug-likeness (QED) is 0.774. The number of aryl methyl sites for hydroxylation is 1. The molecule has 0 aliphatic rings. The van der Waals surface area contributed by atoms with E-state index in [0.29, 0.717) is 0 Å². The van der Waals surface area contributed by atoms with Crippen LogP contribution in [-0.2, 0) is 6.42 Å². The summed E-state index contributed by atoms with van der Waals surface area (Å²) >= 11 is 0. The van der Waals surface area contributed by atoms with Crippen LogP contribution in [0.15, 0.2) is 12.4 Å². The highest BCUT2D eigenvalue weighted by Gasteiger charge is 2.01. The molecule has 0 atom stereocenters. The molecule has 0 spiro atoms. The second-order valence-electron chi connectivity index (χ2n) is 3.08. The minimum atomic E-state index is 0.904. The fourth-order valence-electron chi connectivity index (χ4n) is 1.29. The Hall–Kier alpha value is -1.45. The van der Waals surface area contributed by atoms with Gasteiger partial charge < -0.3 is 4.98 Å². The molecule has 0 saturated carbocycles. The number of unbranched alkanes of at least 4 members (excludes halogenated alkanes) is 1. The van der Waals surface area contributed by atoms with Crippen LogP contribution >= 0.6 is 0 Å². The Morgan fingerprint density at radius 3 is 2.92 bits per heavy atom. The van der Waals surface area contributed by atoms with E-state index in [9.17, 15) is 0 Å². The zero-order valence-corrected chi connectivity index (χ0v) is 7.62. The summed E-state index contributed by atoms with van der Waals surface area (Å²) in [6.45, 7) is 2.17. The molecule has 0 bridgehead atoms. The molecule has 2 heterocycles. The van der Waals surface area contributed by atoms with Crippen molar-refractivity contribution in [3.8, 4) is 0 Å². The molecule has 0 aliphatic carbocycles. The van der Waals surface area contributed by atoms with E-state index in [-0.39, 0.29) is 0 Å². The van der Waals surface area contributed by atoms with Crippen molar-refractivity contribution in [3.63, 3.8) is 0 Å². The summed E-state index contributed by atoms with van der Waals surface area (Å²) in [7, 11) is 0. The summed E-state index contributed by atoms with van der Waals surface area (Å²) in [4.78, 5) is 7.61. The molecule has 13 heavy (non-hydrogen) atoms. The fraction of sp³-hybridized carbons (Fsp3) is 0.444. The van der Waals surface area contributed by atoms with Crippen LogP contribution in [0.5, 0.6) is 0 Å². The van der Waals surface area contributed by atoms with Crippen molar-refractivity contribution >= 4 is 11.0 Å². The van der Waals surface area contributed by atoms with Gasteiger partial charge in [-0.3, -0.25) is 0 Å². The SMILES string of the molecule is CCCCc1nc2cnncc2[nH]1. The number of aromatic nitrogens is 4. The Kier molecular flexibility index (Phi) is 2.21. The van der Waals surface area contributed by atoms with Gasteiger partial charge in [-0.2, -0.15) is 10.2 Å². The van der Waals surface area contributed by atoms with E-state index in [1.807, 2.05) is 0 Å². The van der Waals surface area contributed by atoms with Gasteiger partial charge in [-0.25, -0.2) is 4.98 Å². The maximum absolute atomic E-state index is 4.39. The van der Waals surface area contributed by atoms with Gasteiger partial charge in [0.1, 0.15) is 11.3 Å². The lowest BCUT2D eigenvalue weighted by molar-refractivity contribution is 0.765. The summed E-state index contributed by atoms with van der Waals surface area (Å²) in [6.07, 6.45) is 6.75. The summed E-state index contributed by atoms with van der Waals surface area (Å²) < 4.78 is 0. The molecule has 68 valence electrons. The molecule has 4 nitrogen and oxygen atoms in total. The van der Waals surface area contributed by atoms with Crippen molar-refractivity contribution in [2.75, 3.05) is 0 Å². The lowest BCUT2D eigenvalue weighted by atomic mass is 10.2. The van der Waals surface area contributed by atoms with Crippen LogP contribution in [-0.4, -0.2) is 20.2 Å². The molecule has 0 aromatic carbocycles. The maximum atomic E-state index is 4.39. The van der Waals surface area contributed by atoms with Gasteiger partial charge in [-0.15, -0.1) is 0 Å². The highest BCUT2D eigenvalue weighted by atomic mass is 15.1. The predicted molar refractivity (Wildman–Crippen MR) is 50.3 cm³/mol. The van der Waals surface area contributed by atoms with Crippen molar-refractivity contribution in [1.29, 1.82) is 0 Å². The van der Waals surface area contributed by atoms with Crippen molar-refractivity contribution in [2.24, 2.45) is 0 Å². The molecule has 0 amide bonds. The third kappa shape index (κ3) is 1.66. The first kappa shape index (κ1) is 8.16. The number of nitrogens with one attached hydrogen (secondary N) is 1. The smallest absolute Gasteiger partial charge is 0.110 e. The number of hydrogen-bond acceptors (Lipinski definition) is 3. The zero-order chi connectivity index (χ0) is 9.10. The van der Waals surface area contributed by atoms with Crippen LogP contribution in [0.4, 0.5) is 0 Å². The van der Waals surface area contributed by atoms with Crippen molar-refractivity contribution in [3.05, 3.63) is 18.2 Å². The molecular formula is C9H12N4. The number of aromatic amines is 1. The van der Waals surface area contributed by atoms with E-state index in [1.54, 1.807) is 12.4 Å². The topological polar surface area (TPSA) is 54.5 Å². The highest BCUT2D eigenvalue weighted by Crippen LogP contribution is 2.09. The number of imidazole rings is 1. The van der Waals surface area contributed by atoms with E-state index < -0.39 is 0 Å². The number of fused-ring (bicyclic) bond motifs is 1. The summed E-state index contributed by atoms with van der Waals surface area (Å²) in [5.74, 6) is 1.03. The van der Waals surface area contributed by atoms with Gasteiger partial charge in [-0.1, -0.05) is 13.3 Å². The first-order valence-corrected chi connectivity index (χ1v) is 4.55. The molecule has 2 aromatic heterocycles. The number of hydrogen-bond donors (Lipinski definition) is 1. The van der Waals surface area contributed by atoms with Crippen molar-refractivity contribution in [1.82, 2.24) is 20.2 Å². The second kappa shape index (κ2) is 3.51. The largest absolute Gasteiger partial charge is 0.341 e. The Morgan fingerprint density at radius 2 is 2.15 bits per heavy atom. The first-order chi connectivity index (χ1) is 6.40. The van der Waals surface area contributed by atoms with E-state index in [1.165, 1.54) is 12.8 Å². The number of rotatable bonds is 3. The van der Waals surface area contributed by atoms with E-state index in [2.05, 4.69) is 27.1 Å². The van der Waals surface area contributed by atoms with Crippen LogP contribution in [0.25, 0.3) is 11.0 Å². The van der Waals surface area contributed by atoms with Gasteiger partial charge in [0.05, 0.1) is 17.9 Å². The molecule has 0 radical (unpaired) electrons. The minimum absolute atomic E-state index is 0.904. The molecule has 2 aromatic rings. The van der Waals surface area contributed by atoms with Gasteiger partial charge in [-0.05, 0) is 6.42 Å². The molecule has 1 N–H and O–H groups in total. The highest BCUT2D eigenvalue weighted by molar-refractivity contribution is 5.72. The normalized spacial score (nSPS) is 10.8. The molecule has 0 unspecified atom stereocenters. The molecule has 0 fully saturated rings. The second-order valence-corrected chi connectivity index (χ2v) is 3.08. The van der Waals surface area contributed by atoms with Gasteiger partial charge in [0.25, 0.3) is 0 Å². The first-order valence-electron chi connectivity index (χ1n) is 4.55. The monoisotopic (exact) mass is 176 g/mol. The molecule has 0 saturated heterocycles. The van der Waals surface area contributed by atoms with Crippen molar-refractivity contribution in [2.45, 2.75) is 26.2 Å². The standard InChI is InChI=1S/C9H12N4/c1-2-3-4-9-12-7-5-10-11-6-8(7)13-9/h5-6H,2-4H2,1H3,(H,12,13). The van der Waals surface area contributed by atoms with Crippen LogP contribution in [0.1, 0.15) is 25.6 Å². The third-order valence-electron chi connectivity index (χ3n) is 2.01. The lowest BCUT2D eigenvalue weighted by Gasteiger charge is -1.90. The van der Waals surface area contributed by atoms with E-state index in [0.717, 1.165) is 23.3 Å². The predicted octanol–water partition coefficient (Wildman–Crippen LogP) is 1.70. The van der Waals surface area contributed by atoms with Crippen molar-refractivity contribution < 1.29 is 0 Å². The maximum Gasteiger partial charge on any atom is 0.110 e. The molecule has 4 heteroatoms. The van der Waals surface area contributed by atoms with E-state index in [4.69, 9.17) is 0 Å². The van der Waals surface area contributed by atoms with Gasteiger partial charge in [0.15, 0.2) is 0 Å². The Balaban J connectivity index is 2.28. The summed E-state index contributed by atoms with van der Waals surface area (Å²) in [5.41, 5.74) is 1.88. The average molecular weight is 176 g/mol. The van der Waals surface area contributed by atoms with E-state index >= 15 is 0 Å².